The molecule has 0 aromatic heterocycles. The summed E-state index contributed by atoms with van der Waals surface area (Å²) in [6.07, 6.45) is 0. The summed E-state index contributed by atoms with van der Waals surface area (Å²) in [5.41, 5.74) is 6.46. The molecule has 1 heterocycles. The summed E-state index contributed by atoms with van der Waals surface area (Å²) in [6.45, 7) is 4.04. The Bertz CT molecular complexity index is 459. The lowest BCUT2D eigenvalue weighted by Gasteiger charge is -2.36. The highest BCUT2D eigenvalue weighted by atomic mass is 16.5. The van der Waals surface area contributed by atoms with Gasteiger partial charge in [0.1, 0.15) is 12.4 Å². The molecule has 6 heteroatoms. The van der Waals surface area contributed by atoms with E-state index in [1.165, 1.54) is 0 Å². The zero-order chi connectivity index (χ0) is 15.1. The van der Waals surface area contributed by atoms with E-state index in [0.29, 0.717) is 26.2 Å². The lowest BCUT2D eigenvalue weighted by molar-refractivity contribution is -0.136. The summed E-state index contributed by atoms with van der Waals surface area (Å²) >= 11 is 0. The molecule has 1 aromatic carbocycles. The third-order valence-corrected chi connectivity index (χ3v) is 3.54. The van der Waals surface area contributed by atoms with Gasteiger partial charge in [-0.15, -0.1) is 0 Å². The molecule has 1 saturated heterocycles. The number of hydrogen-bond acceptors (Lipinski definition) is 5. The van der Waals surface area contributed by atoms with E-state index in [0.717, 1.165) is 24.5 Å². The van der Waals surface area contributed by atoms with Gasteiger partial charge in [-0.2, -0.15) is 0 Å². The van der Waals surface area contributed by atoms with Crippen molar-refractivity contribution >= 4 is 11.6 Å². The molecule has 6 nitrogen and oxygen atoms in total. The fraction of sp³-hybridized carbons (Fsp3) is 0.533. The van der Waals surface area contributed by atoms with Crippen LogP contribution in [0.15, 0.2) is 24.3 Å². The Hall–Kier alpha value is -1.79. The first-order chi connectivity index (χ1) is 10.2. The van der Waals surface area contributed by atoms with Crippen LogP contribution in [0.1, 0.15) is 0 Å². The average Bonchev–Trinajstić information content (AvgIpc) is 2.55. The van der Waals surface area contributed by atoms with E-state index in [9.17, 15) is 4.79 Å². The number of methoxy groups -OCH3 is 1. The number of piperazine rings is 1. The maximum absolute atomic E-state index is 11.9. The van der Waals surface area contributed by atoms with E-state index >= 15 is 0 Å². The molecule has 1 aliphatic heterocycles. The number of benzene rings is 1. The van der Waals surface area contributed by atoms with E-state index < -0.39 is 0 Å². The van der Waals surface area contributed by atoms with Crippen LogP contribution in [-0.4, -0.2) is 63.9 Å². The quantitative estimate of drug-likeness (QED) is 0.765. The number of hydrogen-bond donors (Lipinski definition) is 1. The SMILES string of the molecule is COc1cccc(N2CCN(C(=O)COCCN)CC2)c1. The predicted octanol–water partition coefficient (Wildman–Crippen LogP) is 0.319. The van der Waals surface area contributed by atoms with Crippen molar-refractivity contribution in [2.24, 2.45) is 5.73 Å². The van der Waals surface area contributed by atoms with Gasteiger partial charge in [-0.3, -0.25) is 4.79 Å². The van der Waals surface area contributed by atoms with Crippen LogP contribution in [0.3, 0.4) is 0 Å². The Labute approximate surface area is 125 Å². The largest absolute Gasteiger partial charge is 0.497 e. The molecule has 1 fully saturated rings. The summed E-state index contributed by atoms with van der Waals surface area (Å²) in [4.78, 5) is 16.0. The fourth-order valence-electron chi connectivity index (χ4n) is 2.36. The second-order valence-electron chi connectivity index (χ2n) is 4.91. The molecule has 0 aliphatic carbocycles. The van der Waals surface area contributed by atoms with Gasteiger partial charge in [0.05, 0.1) is 13.7 Å². The highest BCUT2D eigenvalue weighted by Gasteiger charge is 2.21. The summed E-state index contributed by atoms with van der Waals surface area (Å²) in [7, 11) is 1.66. The number of anilines is 1. The van der Waals surface area contributed by atoms with Crippen LogP contribution in [-0.2, 0) is 9.53 Å². The number of nitrogens with two attached hydrogens (primary N) is 1. The minimum Gasteiger partial charge on any atom is -0.497 e. The van der Waals surface area contributed by atoms with Gasteiger partial charge >= 0.3 is 0 Å². The molecule has 0 atom stereocenters. The molecular weight excluding hydrogens is 270 g/mol. The Morgan fingerprint density at radius 1 is 1.29 bits per heavy atom. The molecule has 21 heavy (non-hydrogen) atoms. The number of nitrogens with zero attached hydrogens (tertiary/aromatic N) is 2. The van der Waals surface area contributed by atoms with E-state index in [1.807, 2.05) is 23.1 Å². The number of ether oxygens (including phenoxy) is 2. The lowest BCUT2D eigenvalue weighted by atomic mass is 10.2. The van der Waals surface area contributed by atoms with Crippen molar-refractivity contribution in [2.45, 2.75) is 0 Å². The molecule has 0 spiro atoms. The summed E-state index contributed by atoms with van der Waals surface area (Å²) in [5, 5.41) is 0. The average molecular weight is 293 g/mol. The number of carbonyl (C=O) groups excluding carboxylic acids is 1. The third-order valence-electron chi connectivity index (χ3n) is 3.54. The minimum atomic E-state index is 0.0359. The van der Waals surface area contributed by atoms with Gasteiger partial charge in [0.2, 0.25) is 5.91 Å². The molecule has 1 aliphatic rings. The van der Waals surface area contributed by atoms with Crippen molar-refractivity contribution in [1.82, 2.24) is 4.90 Å². The lowest BCUT2D eigenvalue weighted by Crippen LogP contribution is -2.49. The zero-order valence-corrected chi connectivity index (χ0v) is 12.5. The van der Waals surface area contributed by atoms with Gasteiger partial charge in [-0.1, -0.05) is 6.07 Å². The van der Waals surface area contributed by atoms with E-state index in [2.05, 4.69) is 11.0 Å². The molecule has 0 radical (unpaired) electrons. The van der Waals surface area contributed by atoms with Crippen LogP contribution in [0.5, 0.6) is 5.75 Å². The fourth-order valence-corrected chi connectivity index (χ4v) is 2.36. The molecule has 1 aromatic rings. The van der Waals surface area contributed by atoms with Gasteiger partial charge < -0.3 is 25.0 Å². The smallest absolute Gasteiger partial charge is 0.248 e. The normalized spacial score (nSPS) is 15.1. The van der Waals surface area contributed by atoms with Crippen LogP contribution in [0.25, 0.3) is 0 Å². The first-order valence-corrected chi connectivity index (χ1v) is 7.19. The minimum absolute atomic E-state index is 0.0359. The van der Waals surface area contributed by atoms with Gasteiger partial charge in [0.15, 0.2) is 0 Å². The molecule has 2 rings (SSSR count). The zero-order valence-electron chi connectivity index (χ0n) is 12.5. The third kappa shape index (κ3) is 4.34. The summed E-state index contributed by atoms with van der Waals surface area (Å²) in [6, 6.07) is 7.98. The van der Waals surface area contributed by atoms with E-state index in [4.69, 9.17) is 15.2 Å². The maximum Gasteiger partial charge on any atom is 0.248 e. The standard InChI is InChI=1S/C15H23N3O3/c1-20-14-4-2-3-13(11-14)17-6-8-18(9-7-17)15(19)12-21-10-5-16/h2-4,11H,5-10,12,16H2,1H3. The molecule has 1 amide bonds. The molecule has 0 bridgehead atoms. The Morgan fingerprint density at radius 3 is 2.71 bits per heavy atom. The Balaban J connectivity index is 1.83. The van der Waals surface area contributed by atoms with Crippen molar-refractivity contribution < 1.29 is 14.3 Å². The van der Waals surface area contributed by atoms with Crippen molar-refractivity contribution in [3.8, 4) is 5.75 Å². The van der Waals surface area contributed by atoms with E-state index in [1.54, 1.807) is 7.11 Å². The van der Waals surface area contributed by atoms with Crippen LogP contribution in [0.2, 0.25) is 0 Å². The molecule has 116 valence electrons. The van der Waals surface area contributed by atoms with Crippen molar-refractivity contribution in [1.29, 1.82) is 0 Å². The van der Waals surface area contributed by atoms with Gasteiger partial charge in [-0.05, 0) is 12.1 Å². The predicted molar refractivity (Wildman–Crippen MR) is 81.7 cm³/mol. The summed E-state index contributed by atoms with van der Waals surface area (Å²) < 4.78 is 10.4. The van der Waals surface area contributed by atoms with E-state index in [-0.39, 0.29) is 12.5 Å². The molecule has 0 unspecified atom stereocenters. The van der Waals surface area contributed by atoms with Crippen LogP contribution in [0.4, 0.5) is 5.69 Å². The van der Waals surface area contributed by atoms with Gasteiger partial charge in [-0.25, -0.2) is 0 Å². The highest BCUT2D eigenvalue weighted by Crippen LogP contribution is 2.22. The molecular formula is C15H23N3O3. The second-order valence-corrected chi connectivity index (χ2v) is 4.91. The maximum atomic E-state index is 11.9. The number of amides is 1. The number of carbonyl (C=O) groups is 1. The van der Waals surface area contributed by atoms with Crippen molar-refractivity contribution in [2.75, 3.05) is 57.9 Å². The Kier molecular flexibility index (Phi) is 5.83. The first kappa shape index (κ1) is 15.6. The highest BCUT2D eigenvalue weighted by molar-refractivity contribution is 5.77. The van der Waals surface area contributed by atoms with Crippen molar-refractivity contribution in [3.63, 3.8) is 0 Å². The topological polar surface area (TPSA) is 68.0 Å². The van der Waals surface area contributed by atoms with Crippen LogP contribution < -0.4 is 15.4 Å². The summed E-state index contributed by atoms with van der Waals surface area (Å²) in [5.74, 6) is 0.884. The van der Waals surface area contributed by atoms with Gasteiger partial charge in [0, 0.05) is 44.5 Å². The molecule has 2 N–H and O–H groups in total. The Morgan fingerprint density at radius 2 is 2.05 bits per heavy atom. The van der Waals surface area contributed by atoms with Gasteiger partial charge in [0.25, 0.3) is 0 Å². The first-order valence-electron chi connectivity index (χ1n) is 7.19. The van der Waals surface area contributed by atoms with Crippen LogP contribution in [0, 0.1) is 0 Å². The second kappa shape index (κ2) is 7.85. The van der Waals surface area contributed by atoms with Crippen molar-refractivity contribution in [3.05, 3.63) is 24.3 Å². The molecule has 0 saturated carbocycles. The number of rotatable bonds is 6. The van der Waals surface area contributed by atoms with Crippen LogP contribution >= 0.6 is 0 Å². The monoisotopic (exact) mass is 293 g/mol.